The number of piperidine rings is 2. The van der Waals surface area contributed by atoms with Gasteiger partial charge in [0.05, 0.1) is 11.8 Å². The average Bonchev–Trinajstić information content (AvgIpc) is 2.73. The Bertz CT molecular complexity index is 848. The lowest BCUT2D eigenvalue weighted by molar-refractivity contribution is 0.00414. The molecule has 2 fully saturated rings. The van der Waals surface area contributed by atoms with Crippen LogP contribution in [0.4, 0.5) is 10.6 Å². The highest BCUT2D eigenvalue weighted by molar-refractivity contribution is 6.34. The molecule has 0 atom stereocenters. The minimum absolute atomic E-state index is 0.00110. The number of amides is 1. The van der Waals surface area contributed by atoms with E-state index in [1.165, 1.54) is 0 Å². The minimum atomic E-state index is -1.28. The van der Waals surface area contributed by atoms with Gasteiger partial charge in [0.25, 0.3) is 0 Å². The second kappa shape index (κ2) is 10.3. The van der Waals surface area contributed by atoms with Gasteiger partial charge in [0.15, 0.2) is 21.8 Å². The minimum Gasteiger partial charge on any atom is -0.476 e. The Morgan fingerprint density at radius 3 is 2.32 bits per heavy atom. The fourth-order valence-corrected chi connectivity index (χ4v) is 3.81. The van der Waals surface area contributed by atoms with Gasteiger partial charge in [0.2, 0.25) is 0 Å². The quantitative estimate of drug-likeness (QED) is 0.645. The maximum absolute atomic E-state index is 11.9. The Balaban J connectivity index is 1.48. The number of halogens is 2. The van der Waals surface area contributed by atoms with E-state index in [1.54, 1.807) is 4.90 Å². The zero-order valence-electron chi connectivity index (χ0n) is 17.4. The summed E-state index contributed by atoms with van der Waals surface area (Å²) in [6.07, 6.45) is 2.25. The van der Waals surface area contributed by atoms with Gasteiger partial charge >= 0.3 is 12.1 Å². The molecule has 10 nitrogen and oxygen atoms in total. The fourth-order valence-electron chi connectivity index (χ4n) is 3.36. The van der Waals surface area contributed by atoms with Gasteiger partial charge in [0, 0.05) is 51.9 Å². The molecule has 1 N–H and O–H groups in total. The summed E-state index contributed by atoms with van der Waals surface area (Å²) >= 11 is 12.0. The molecule has 0 unspecified atom stereocenters. The van der Waals surface area contributed by atoms with Gasteiger partial charge in [-0.3, -0.25) is 0 Å². The zero-order valence-corrected chi connectivity index (χ0v) is 18.9. The smallest absolute Gasteiger partial charge is 0.410 e. The van der Waals surface area contributed by atoms with E-state index in [0.29, 0.717) is 57.7 Å². The number of hydrogen-bond acceptors (Lipinski definition) is 8. The molecular formula is C19H25Cl2N5O5. The lowest BCUT2D eigenvalue weighted by atomic mass is 10.1. The molecule has 2 aliphatic heterocycles. The predicted molar refractivity (Wildman–Crippen MR) is 115 cm³/mol. The summed E-state index contributed by atoms with van der Waals surface area (Å²) in [6, 6.07) is 0. The fraction of sp³-hybridized carbons (Fsp3) is 0.632. The maximum atomic E-state index is 11.9. The summed E-state index contributed by atoms with van der Waals surface area (Å²) in [7, 11) is 0. The van der Waals surface area contributed by atoms with Crippen LogP contribution in [0.25, 0.3) is 0 Å². The monoisotopic (exact) mass is 473 g/mol. The second-order valence-electron chi connectivity index (χ2n) is 7.65. The first kappa shape index (κ1) is 23.3. The molecule has 0 bridgehead atoms. The summed E-state index contributed by atoms with van der Waals surface area (Å²) < 4.78 is 5.22. The van der Waals surface area contributed by atoms with Crippen molar-refractivity contribution in [2.45, 2.75) is 51.7 Å². The Labute approximate surface area is 190 Å². The lowest BCUT2D eigenvalue weighted by Crippen LogP contribution is -2.41. The zero-order chi connectivity index (χ0) is 22.5. The number of carbonyl (C=O) groups excluding carboxylic acids is 1. The lowest BCUT2D eigenvalue weighted by Gasteiger charge is -2.31. The van der Waals surface area contributed by atoms with Crippen LogP contribution in [-0.4, -0.2) is 76.1 Å². The first-order valence-corrected chi connectivity index (χ1v) is 10.9. The number of rotatable bonds is 5. The highest BCUT2D eigenvalue weighted by Gasteiger charge is 2.27. The van der Waals surface area contributed by atoms with E-state index in [1.807, 2.05) is 18.7 Å². The summed E-state index contributed by atoms with van der Waals surface area (Å²) in [5.41, 5.74) is 0.557. The van der Waals surface area contributed by atoms with Crippen molar-refractivity contribution in [2.75, 3.05) is 31.1 Å². The molecule has 12 heteroatoms. The van der Waals surface area contributed by atoms with Gasteiger partial charge in [-0.25, -0.2) is 19.6 Å². The number of carboxylic acid groups (broad SMARTS) is 1. The van der Waals surface area contributed by atoms with Crippen LogP contribution >= 0.6 is 23.2 Å². The predicted octanol–water partition coefficient (Wildman–Crippen LogP) is 3.46. The first-order chi connectivity index (χ1) is 14.7. The van der Waals surface area contributed by atoms with Gasteiger partial charge < -0.3 is 24.5 Å². The van der Waals surface area contributed by atoms with Crippen LogP contribution in [0, 0.1) is 0 Å². The van der Waals surface area contributed by atoms with Crippen molar-refractivity contribution in [1.29, 1.82) is 0 Å². The highest BCUT2D eigenvalue weighted by Crippen LogP contribution is 2.27. The number of oxime groups is 1. The summed E-state index contributed by atoms with van der Waals surface area (Å²) in [5, 5.41) is 13.2. The van der Waals surface area contributed by atoms with E-state index in [4.69, 9.17) is 37.9 Å². The number of carbonyl (C=O) groups is 2. The number of aromatic carboxylic acids is 1. The number of carboxylic acids is 1. The molecule has 0 radical (unpaired) electrons. The van der Waals surface area contributed by atoms with Crippen LogP contribution in [0.5, 0.6) is 0 Å². The van der Waals surface area contributed by atoms with E-state index in [2.05, 4.69) is 15.1 Å². The highest BCUT2D eigenvalue weighted by atomic mass is 35.5. The Morgan fingerprint density at radius 2 is 1.74 bits per heavy atom. The number of likely N-dealkylation sites (tertiary alicyclic amines) is 1. The van der Waals surface area contributed by atoms with Crippen molar-refractivity contribution >= 4 is 46.8 Å². The summed E-state index contributed by atoms with van der Waals surface area (Å²) in [4.78, 5) is 40.3. The van der Waals surface area contributed by atoms with Crippen LogP contribution in [0.3, 0.4) is 0 Å². The van der Waals surface area contributed by atoms with Gasteiger partial charge in [-0.2, -0.15) is 0 Å². The Kier molecular flexibility index (Phi) is 7.77. The van der Waals surface area contributed by atoms with E-state index >= 15 is 0 Å². The molecule has 0 aliphatic carbocycles. The van der Waals surface area contributed by atoms with Crippen molar-refractivity contribution in [3.63, 3.8) is 0 Å². The van der Waals surface area contributed by atoms with Crippen molar-refractivity contribution < 1.29 is 24.3 Å². The van der Waals surface area contributed by atoms with Crippen molar-refractivity contribution in [3.8, 4) is 0 Å². The van der Waals surface area contributed by atoms with Crippen LogP contribution in [0.1, 0.15) is 50.0 Å². The van der Waals surface area contributed by atoms with E-state index < -0.39 is 5.97 Å². The molecule has 2 saturated heterocycles. The SMILES string of the molecule is CC(C)OC(=O)N1CCC(ON=C2CCN(c3nc(Cl)c(C(=O)O)nc3Cl)CC2)CC1. The molecule has 3 heterocycles. The summed E-state index contributed by atoms with van der Waals surface area (Å²) in [6.45, 7) is 5.99. The van der Waals surface area contributed by atoms with Crippen LogP contribution < -0.4 is 4.90 Å². The molecule has 0 saturated carbocycles. The van der Waals surface area contributed by atoms with E-state index in [0.717, 1.165) is 5.71 Å². The number of anilines is 1. The third-order valence-corrected chi connectivity index (χ3v) is 5.52. The van der Waals surface area contributed by atoms with Crippen LogP contribution in [-0.2, 0) is 9.57 Å². The third kappa shape index (κ3) is 6.10. The number of aromatic nitrogens is 2. The normalized spacial score (nSPS) is 17.6. The van der Waals surface area contributed by atoms with E-state index in [9.17, 15) is 9.59 Å². The molecule has 31 heavy (non-hydrogen) atoms. The first-order valence-electron chi connectivity index (χ1n) is 10.1. The van der Waals surface area contributed by atoms with Gasteiger partial charge in [-0.1, -0.05) is 28.4 Å². The maximum Gasteiger partial charge on any atom is 0.410 e. The molecule has 3 rings (SSSR count). The van der Waals surface area contributed by atoms with Crippen molar-refractivity contribution in [3.05, 3.63) is 16.0 Å². The second-order valence-corrected chi connectivity index (χ2v) is 8.37. The van der Waals surface area contributed by atoms with Crippen LogP contribution in [0.15, 0.2) is 5.16 Å². The standard InChI is InChI=1S/C19H25Cl2N5O5/c1-11(2)30-19(29)26-9-5-13(6-10-26)31-24-12-3-7-25(8-4-12)17-16(21)22-14(18(27)28)15(20)23-17/h11,13H,3-10H2,1-2H3,(H,27,28). The molecule has 2 aliphatic rings. The molecule has 1 aromatic rings. The van der Waals surface area contributed by atoms with Gasteiger partial charge in [-0.15, -0.1) is 0 Å². The number of nitrogens with zero attached hydrogens (tertiary/aromatic N) is 5. The molecular weight excluding hydrogens is 449 g/mol. The average molecular weight is 474 g/mol. The molecule has 1 aromatic heterocycles. The third-order valence-electron chi connectivity index (χ3n) is 5.00. The van der Waals surface area contributed by atoms with Gasteiger partial charge in [-0.05, 0) is 13.8 Å². The number of hydrogen-bond donors (Lipinski definition) is 1. The van der Waals surface area contributed by atoms with Crippen molar-refractivity contribution in [2.24, 2.45) is 5.16 Å². The molecule has 0 aromatic carbocycles. The molecule has 1 amide bonds. The topological polar surface area (TPSA) is 117 Å². The summed E-state index contributed by atoms with van der Waals surface area (Å²) in [5.74, 6) is -0.920. The van der Waals surface area contributed by atoms with Crippen molar-refractivity contribution in [1.82, 2.24) is 14.9 Å². The number of ether oxygens (including phenoxy) is 1. The van der Waals surface area contributed by atoms with E-state index in [-0.39, 0.29) is 34.3 Å². The van der Waals surface area contributed by atoms with Gasteiger partial charge in [0.1, 0.15) is 6.10 Å². The molecule has 0 spiro atoms. The molecule has 170 valence electrons. The van der Waals surface area contributed by atoms with Crippen LogP contribution in [0.2, 0.25) is 10.3 Å². The largest absolute Gasteiger partial charge is 0.476 e. The Hall–Kier alpha value is -2.33. The Morgan fingerprint density at radius 1 is 1.10 bits per heavy atom.